The van der Waals surface area contributed by atoms with Gasteiger partial charge in [0.1, 0.15) is 5.69 Å². The van der Waals surface area contributed by atoms with E-state index >= 15 is 0 Å². The van der Waals surface area contributed by atoms with E-state index in [0.29, 0.717) is 23.5 Å². The van der Waals surface area contributed by atoms with Crippen molar-refractivity contribution in [2.24, 2.45) is 0 Å². The summed E-state index contributed by atoms with van der Waals surface area (Å²) in [6.07, 6.45) is 3.72. The lowest BCUT2D eigenvalue weighted by Gasteiger charge is -2.04. The molecule has 0 radical (unpaired) electrons. The lowest BCUT2D eigenvalue weighted by Crippen LogP contribution is -1.98. The smallest absolute Gasteiger partial charge is 0.270 e. The van der Waals surface area contributed by atoms with E-state index in [2.05, 4.69) is 4.98 Å². The number of aromatic nitrogens is 2. The third kappa shape index (κ3) is 2.54. The van der Waals surface area contributed by atoms with Crippen LogP contribution in [0.25, 0.3) is 0 Å². The van der Waals surface area contributed by atoms with Gasteiger partial charge in [-0.1, -0.05) is 11.6 Å². The number of nitro groups is 1. The van der Waals surface area contributed by atoms with Crippen LogP contribution in [0.3, 0.4) is 0 Å². The van der Waals surface area contributed by atoms with Crippen LogP contribution in [0.1, 0.15) is 16.1 Å². The Morgan fingerprint density at radius 1 is 1.50 bits per heavy atom. The number of non-ortho nitro benzene ring substituents is 1. The molecule has 1 heterocycles. The standard InChI is InChI=1S/C11H8ClN3O3/c12-11-3-10(15(17)18)2-1-8(11)4-14-5-9(6-16)13-7-14/h1-3,5-7H,4H2. The Balaban J connectivity index is 2.24. The predicted molar refractivity (Wildman–Crippen MR) is 64.8 cm³/mol. The quantitative estimate of drug-likeness (QED) is 0.483. The molecule has 0 fully saturated rings. The van der Waals surface area contributed by atoms with Crippen molar-refractivity contribution in [3.05, 3.63) is 57.1 Å². The zero-order valence-electron chi connectivity index (χ0n) is 9.12. The van der Waals surface area contributed by atoms with Gasteiger partial charge in [-0.25, -0.2) is 4.98 Å². The summed E-state index contributed by atoms with van der Waals surface area (Å²) in [7, 11) is 0. The molecular weight excluding hydrogens is 258 g/mol. The van der Waals surface area contributed by atoms with Gasteiger partial charge in [-0.05, 0) is 11.6 Å². The minimum Gasteiger partial charge on any atom is -0.332 e. The average Bonchev–Trinajstić information content (AvgIpc) is 2.79. The van der Waals surface area contributed by atoms with E-state index in [4.69, 9.17) is 11.6 Å². The Morgan fingerprint density at radius 3 is 2.83 bits per heavy atom. The van der Waals surface area contributed by atoms with Gasteiger partial charge in [0.2, 0.25) is 0 Å². The van der Waals surface area contributed by atoms with E-state index in [1.165, 1.54) is 18.5 Å². The lowest BCUT2D eigenvalue weighted by molar-refractivity contribution is -0.384. The number of imidazole rings is 1. The van der Waals surface area contributed by atoms with Gasteiger partial charge < -0.3 is 4.57 Å². The van der Waals surface area contributed by atoms with Gasteiger partial charge in [0.05, 0.1) is 16.3 Å². The number of hydrogen-bond acceptors (Lipinski definition) is 4. The molecule has 0 aliphatic rings. The maximum atomic E-state index is 10.6. The van der Waals surface area contributed by atoms with E-state index in [-0.39, 0.29) is 5.69 Å². The second kappa shape index (κ2) is 4.97. The van der Waals surface area contributed by atoms with E-state index in [0.717, 1.165) is 5.56 Å². The van der Waals surface area contributed by atoms with Crippen molar-refractivity contribution < 1.29 is 9.72 Å². The fourth-order valence-electron chi connectivity index (χ4n) is 1.50. The Kier molecular flexibility index (Phi) is 3.38. The normalized spacial score (nSPS) is 10.3. The number of rotatable bonds is 4. The molecule has 0 saturated carbocycles. The van der Waals surface area contributed by atoms with Crippen molar-refractivity contribution in [1.82, 2.24) is 9.55 Å². The van der Waals surface area contributed by atoms with Gasteiger partial charge in [-0.3, -0.25) is 14.9 Å². The summed E-state index contributed by atoms with van der Waals surface area (Å²) in [5.41, 5.74) is 0.994. The summed E-state index contributed by atoms with van der Waals surface area (Å²) in [6.45, 7) is 0.400. The zero-order chi connectivity index (χ0) is 13.1. The van der Waals surface area contributed by atoms with E-state index in [1.807, 2.05) is 0 Å². The summed E-state index contributed by atoms with van der Waals surface area (Å²) in [4.78, 5) is 24.4. The van der Waals surface area contributed by atoms with Gasteiger partial charge >= 0.3 is 0 Å². The number of carbonyl (C=O) groups is 1. The first-order valence-corrected chi connectivity index (χ1v) is 5.37. The Hall–Kier alpha value is -2.21. The summed E-state index contributed by atoms with van der Waals surface area (Å²) in [6, 6.07) is 4.27. The van der Waals surface area contributed by atoms with Gasteiger partial charge in [0, 0.05) is 24.9 Å². The molecule has 0 N–H and O–H groups in total. The molecule has 18 heavy (non-hydrogen) atoms. The van der Waals surface area contributed by atoms with Crippen molar-refractivity contribution in [2.45, 2.75) is 6.54 Å². The molecule has 7 heteroatoms. The van der Waals surface area contributed by atoms with Gasteiger partial charge in [-0.2, -0.15) is 0 Å². The number of aldehydes is 1. The minimum absolute atomic E-state index is 0.0528. The molecule has 0 bridgehead atoms. The summed E-state index contributed by atoms with van der Waals surface area (Å²) < 4.78 is 1.68. The fourth-order valence-corrected chi connectivity index (χ4v) is 1.73. The minimum atomic E-state index is -0.503. The first-order valence-electron chi connectivity index (χ1n) is 5.00. The Morgan fingerprint density at radius 2 is 2.28 bits per heavy atom. The molecule has 0 aliphatic carbocycles. The Bertz CT molecular complexity index is 609. The monoisotopic (exact) mass is 265 g/mol. The summed E-state index contributed by atoms with van der Waals surface area (Å²) >= 11 is 5.96. The van der Waals surface area contributed by atoms with Crippen molar-refractivity contribution in [3.63, 3.8) is 0 Å². The topological polar surface area (TPSA) is 78.0 Å². The van der Waals surface area contributed by atoms with Crippen LogP contribution in [-0.2, 0) is 6.54 Å². The van der Waals surface area contributed by atoms with Crippen LogP contribution in [0.4, 0.5) is 5.69 Å². The maximum absolute atomic E-state index is 10.6. The van der Waals surface area contributed by atoms with Crippen molar-refractivity contribution in [3.8, 4) is 0 Å². The molecule has 0 saturated heterocycles. The molecule has 0 atom stereocenters. The van der Waals surface area contributed by atoms with Gasteiger partial charge in [0.15, 0.2) is 6.29 Å². The number of nitrogens with zero attached hydrogens (tertiary/aromatic N) is 3. The average molecular weight is 266 g/mol. The van der Waals surface area contributed by atoms with Crippen LogP contribution >= 0.6 is 11.6 Å². The van der Waals surface area contributed by atoms with Crippen LogP contribution in [0.15, 0.2) is 30.7 Å². The largest absolute Gasteiger partial charge is 0.332 e. The molecule has 1 aromatic carbocycles. The van der Waals surface area contributed by atoms with Crippen LogP contribution in [0, 0.1) is 10.1 Å². The third-order valence-electron chi connectivity index (χ3n) is 2.37. The molecule has 2 aromatic rings. The van der Waals surface area contributed by atoms with Crippen LogP contribution in [0.5, 0.6) is 0 Å². The highest BCUT2D eigenvalue weighted by Crippen LogP contribution is 2.23. The summed E-state index contributed by atoms with van der Waals surface area (Å²) in [5, 5.41) is 10.9. The molecule has 6 nitrogen and oxygen atoms in total. The van der Waals surface area contributed by atoms with Crippen molar-refractivity contribution >= 4 is 23.6 Å². The fraction of sp³-hybridized carbons (Fsp3) is 0.0909. The van der Waals surface area contributed by atoms with E-state index < -0.39 is 4.92 Å². The predicted octanol–water partition coefficient (Wildman–Crippen LogP) is 2.31. The summed E-state index contributed by atoms with van der Waals surface area (Å²) in [5.74, 6) is 0. The van der Waals surface area contributed by atoms with Crippen LogP contribution in [-0.4, -0.2) is 20.8 Å². The molecule has 0 spiro atoms. The van der Waals surface area contributed by atoms with Crippen LogP contribution < -0.4 is 0 Å². The number of benzene rings is 1. The zero-order valence-corrected chi connectivity index (χ0v) is 9.87. The Labute approximate surface area is 107 Å². The van der Waals surface area contributed by atoms with Gasteiger partial charge in [-0.15, -0.1) is 0 Å². The SMILES string of the molecule is O=Cc1cn(Cc2ccc([N+](=O)[O-])cc2Cl)cn1. The van der Waals surface area contributed by atoms with E-state index in [1.54, 1.807) is 16.8 Å². The number of hydrogen-bond donors (Lipinski definition) is 0. The lowest BCUT2D eigenvalue weighted by atomic mass is 10.2. The third-order valence-corrected chi connectivity index (χ3v) is 2.73. The number of carbonyl (C=O) groups excluding carboxylic acids is 1. The van der Waals surface area contributed by atoms with E-state index in [9.17, 15) is 14.9 Å². The highest BCUT2D eigenvalue weighted by Gasteiger charge is 2.09. The molecule has 0 unspecified atom stereocenters. The molecule has 1 aromatic heterocycles. The second-order valence-corrected chi connectivity index (χ2v) is 4.03. The van der Waals surface area contributed by atoms with Gasteiger partial charge in [0.25, 0.3) is 5.69 Å². The maximum Gasteiger partial charge on any atom is 0.270 e. The second-order valence-electron chi connectivity index (χ2n) is 3.62. The highest BCUT2D eigenvalue weighted by molar-refractivity contribution is 6.31. The first-order chi connectivity index (χ1) is 8.60. The molecule has 0 aliphatic heterocycles. The highest BCUT2D eigenvalue weighted by atomic mass is 35.5. The molecular formula is C11H8ClN3O3. The van der Waals surface area contributed by atoms with Crippen molar-refractivity contribution in [2.75, 3.05) is 0 Å². The van der Waals surface area contributed by atoms with Crippen molar-refractivity contribution in [1.29, 1.82) is 0 Å². The molecule has 2 rings (SSSR count). The number of halogens is 1. The first kappa shape index (κ1) is 12.3. The number of nitro benzene ring substituents is 1. The molecule has 92 valence electrons. The molecule has 0 amide bonds. The van der Waals surface area contributed by atoms with Crippen LogP contribution in [0.2, 0.25) is 5.02 Å².